The Morgan fingerprint density at radius 3 is 2.52 bits per heavy atom. The van der Waals surface area contributed by atoms with Crippen LogP contribution in [0, 0.1) is 13.8 Å². The van der Waals surface area contributed by atoms with Gasteiger partial charge in [0.2, 0.25) is 0 Å². The Bertz CT molecular complexity index is 581. The van der Waals surface area contributed by atoms with E-state index in [1.807, 2.05) is 7.05 Å². The molecule has 2 aromatic rings. The molecule has 0 saturated carbocycles. The quantitative estimate of drug-likeness (QED) is 0.680. The first kappa shape index (κ1) is 16.1. The lowest BCUT2D eigenvalue weighted by molar-refractivity contribution is 0.571. The van der Waals surface area contributed by atoms with Gasteiger partial charge < -0.3 is 9.88 Å². The zero-order chi connectivity index (χ0) is 15.2. The van der Waals surface area contributed by atoms with Crippen LogP contribution >= 0.6 is 0 Å². The summed E-state index contributed by atoms with van der Waals surface area (Å²) in [4.78, 5) is 0. The Morgan fingerprint density at radius 2 is 1.81 bits per heavy atom. The van der Waals surface area contributed by atoms with Crippen molar-refractivity contribution in [1.29, 1.82) is 0 Å². The SMILES string of the molecule is CCCCCCCn1c(C)c(C)c2cc(CNC)ccc21. The van der Waals surface area contributed by atoms with E-state index >= 15 is 0 Å². The van der Waals surface area contributed by atoms with Crippen molar-refractivity contribution in [3.8, 4) is 0 Å². The van der Waals surface area contributed by atoms with Crippen LogP contribution in [0.5, 0.6) is 0 Å². The van der Waals surface area contributed by atoms with Gasteiger partial charge in [-0.3, -0.25) is 0 Å². The molecule has 0 atom stereocenters. The summed E-state index contributed by atoms with van der Waals surface area (Å²) in [6, 6.07) is 6.90. The molecule has 0 saturated heterocycles. The highest BCUT2D eigenvalue weighted by Gasteiger charge is 2.10. The van der Waals surface area contributed by atoms with E-state index in [0.29, 0.717) is 0 Å². The van der Waals surface area contributed by atoms with Gasteiger partial charge in [0, 0.05) is 29.7 Å². The lowest BCUT2D eigenvalue weighted by atomic mass is 10.1. The van der Waals surface area contributed by atoms with Gasteiger partial charge in [-0.05, 0) is 50.6 Å². The van der Waals surface area contributed by atoms with Gasteiger partial charge in [-0.1, -0.05) is 38.7 Å². The van der Waals surface area contributed by atoms with Gasteiger partial charge >= 0.3 is 0 Å². The van der Waals surface area contributed by atoms with E-state index in [1.54, 1.807) is 0 Å². The standard InChI is InChI=1S/C19H30N2/c1-5-6-7-8-9-12-21-16(3)15(2)18-13-17(14-20-4)10-11-19(18)21/h10-11,13,20H,5-9,12,14H2,1-4H3. The van der Waals surface area contributed by atoms with Gasteiger partial charge in [-0.25, -0.2) is 0 Å². The molecule has 1 heterocycles. The third kappa shape index (κ3) is 3.68. The molecule has 0 aliphatic heterocycles. The number of aromatic nitrogens is 1. The molecule has 0 bridgehead atoms. The zero-order valence-corrected chi connectivity index (χ0v) is 14.1. The summed E-state index contributed by atoms with van der Waals surface area (Å²) < 4.78 is 2.51. The molecule has 2 nitrogen and oxygen atoms in total. The average Bonchev–Trinajstić information content (AvgIpc) is 2.72. The van der Waals surface area contributed by atoms with E-state index in [2.05, 4.69) is 48.9 Å². The molecule has 1 aromatic carbocycles. The van der Waals surface area contributed by atoms with E-state index in [-0.39, 0.29) is 0 Å². The number of nitrogens with zero attached hydrogens (tertiary/aromatic N) is 1. The predicted molar refractivity (Wildman–Crippen MR) is 92.9 cm³/mol. The van der Waals surface area contributed by atoms with Crippen LogP contribution in [0.2, 0.25) is 0 Å². The summed E-state index contributed by atoms with van der Waals surface area (Å²) in [5.41, 5.74) is 5.65. The van der Waals surface area contributed by atoms with Crippen LogP contribution in [0.3, 0.4) is 0 Å². The summed E-state index contributed by atoms with van der Waals surface area (Å²) >= 11 is 0. The number of rotatable bonds is 8. The molecule has 116 valence electrons. The van der Waals surface area contributed by atoms with Gasteiger partial charge in [-0.2, -0.15) is 0 Å². The van der Waals surface area contributed by atoms with E-state index < -0.39 is 0 Å². The van der Waals surface area contributed by atoms with Crippen LogP contribution in [0.1, 0.15) is 55.8 Å². The number of nitrogens with one attached hydrogen (secondary N) is 1. The molecule has 2 rings (SSSR count). The summed E-state index contributed by atoms with van der Waals surface area (Å²) in [5, 5.41) is 4.66. The number of unbranched alkanes of at least 4 members (excludes halogenated alkanes) is 4. The summed E-state index contributed by atoms with van der Waals surface area (Å²) in [6.45, 7) is 8.89. The molecule has 1 aromatic heterocycles. The highest BCUT2D eigenvalue weighted by atomic mass is 15.0. The van der Waals surface area contributed by atoms with Crippen LogP contribution in [0.15, 0.2) is 18.2 Å². The van der Waals surface area contributed by atoms with Crippen molar-refractivity contribution >= 4 is 10.9 Å². The van der Waals surface area contributed by atoms with Crippen molar-refractivity contribution in [2.24, 2.45) is 0 Å². The van der Waals surface area contributed by atoms with E-state index in [4.69, 9.17) is 0 Å². The second-order valence-corrected chi connectivity index (χ2v) is 6.16. The number of hydrogen-bond donors (Lipinski definition) is 1. The molecule has 0 aliphatic rings. The first-order valence-electron chi connectivity index (χ1n) is 8.42. The Hall–Kier alpha value is -1.28. The monoisotopic (exact) mass is 286 g/mol. The minimum absolute atomic E-state index is 0.941. The molecule has 2 heteroatoms. The van der Waals surface area contributed by atoms with Gasteiger partial charge in [0.05, 0.1) is 0 Å². The average molecular weight is 286 g/mol. The highest BCUT2D eigenvalue weighted by Crippen LogP contribution is 2.27. The predicted octanol–water partition coefficient (Wildman–Crippen LogP) is 4.95. The lowest BCUT2D eigenvalue weighted by Gasteiger charge is -2.09. The largest absolute Gasteiger partial charge is 0.345 e. The van der Waals surface area contributed by atoms with Gasteiger partial charge in [0.1, 0.15) is 0 Å². The maximum absolute atomic E-state index is 3.24. The molecule has 0 amide bonds. The second-order valence-electron chi connectivity index (χ2n) is 6.16. The number of aryl methyl sites for hydroxylation is 2. The Balaban J connectivity index is 2.17. The number of hydrogen-bond acceptors (Lipinski definition) is 1. The minimum atomic E-state index is 0.941. The number of benzene rings is 1. The topological polar surface area (TPSA) is 17.0 Å². The van der Waals surface area contributed by atoms with Gasteiger partial charge in [-0.15, -0.1) is 0 Å². The molecule has 0 radical (unpaired) electrons. The van der Waals surface area contributed by atoms with Crippen molar-refractivity contribution in [1.82, 2.24) is 9.88 Å². The Labute approximate surface area is 129 Å². The zero-order valence-electron chi connectivity index (χ0n) is 14.1. The molecular weight excluding hydrogens is 256 g/mol. The summed E-state index contributed by atoms with van der Waals surface area (Å²) in [6.07, 6.45) is 6.71. The second kappa shape index (κ2) is 7.65. The van der Waals surface area contributed by atoms with Crippen LogP contribution in [0.25, 0.3) is 10.9 Å². The fourth-order valence-electron chi connectivity index (χ4n) is 3.17. The molecular formula is C19H30N2. The molecule has 0 aliphatic carbocycles. The Morgan fingerprint density at radius 1 is 1.05 bits per heavy atom. The third-order valence-electron chi connectivity index (χ3n) is 4.57. The maximum Gasteiger partial charge on any atom is 0.0485 e. The van der Waals surface area contributed by atoms with Crippen molar-refractivity contribution in [2.45, 2.75) is 66.0 Å². The van der Waals surface area contributed by atoms with Crippen LogP contribution in [-0.4, -0.2) is 11.6 Å². The van der Waals surface area contributed by atoms with Gasteiger partial charge in [0.25, 0.3) is 0 Å². The van der Waals surface area contributed by atoms with E-state index in [1.165, 1.54) is 59.8 Å². The van der Waals surface area contributed by atoms with Crippen molar-refractivity contribution in [3.05, 3.63) is 35.0 Å². The first-order valence-corrected chi connectivity index (χ1v) is 8.42. The fraction of sp³-hybridized carbons (Fsp3) is 0.579. The van der Waals surface area contributed by atoms with E-state index in [9.17, 15) is 0 Å². The lowest BCUT2D eigenvalue weighted by Crippen LogP contribution is -2.04. The third-order valence-corrected chi connectivity index (χ3v) is 4.57. The normalized spacial score (nSPS) is 11.4. The maximum atomic E-state index is 3.24. The van der Waals surface area contributed by atoms with Crippen LogP contribution in [0.4, 0.5) is 0 Å². The molecule has 0 spiro atoms. The molecule has 0 fully saturated rings. The molecule has 0 unspecified atom stereocenters. The van der Waals surface area contributed by atoms with Crippen molar-refractivity contribution in [2.75, 3.05) is 7.05 Å². The van der Waals surface area contributed by atoms with Crippen LogP contribution in [-0.2, 0) is 13.1 Å². The fourth-order valence-corrected chi connectivity index (χ4v) is 3.17. The summed E-state index contributed by atoms with van der Waals surface area (Å²) in [7, 11) is 2.00. The molecule has 21 heavy (non-hydrogen) atoms. The first-order chi connectivity index (χ1) is 10.2. The van der Waals surface area contributed by atoms with Gasteiger partial charge in [0.15, 0.2) is 0 Å². The smallest absolute Gasteiger partial charge is 0.0485 e. The van der Waals surface area contributed by atoms with Crippen molar-refractivity contribution in [3.63, 3.8) is 0 Å². The van der Waals surface area contributed by atoms with Crippen LogP contribution < -0.4 is 5.32 Å². The Kier molecular flexibility index (Phi) is 5.86. The molecule has 1 N–H and O–H groups in total. The highest BCUT2D eigenvalue weighted by molar-refractivity contribution is 5.86. The minimum Gasteiger partial charge on any atom is -0.345 e. The summed E-state index contributed by atoms with van der Waals surface area (Å²) in [5.74, 6) is 0. The number of fused-ring (bicyclic) bond motifs is 1. The van der Waals surface area contributed by atoms with E-state index in [0.717, 1.165) is 13.1 Å². The van der Waals surface area contributed by atoms with Crippen molar-refractivity contribution < 1.29 is 0 Å².